The van der Waals surface area contributed by atoms with Gasteiger partial charge in [-0.25, -0.2) is 9.18 Å². The zero-order valence-electron chi connectivity index (χ0n) is 16.0. The SMILES string of the molecule is N#Cc1ccn(C2CC(c3ccc(F)cc3)CC2N2CCC[C@@H](NC(=O)O)C2)n1. The van der Waals surface area contributed by atoms with Crippen molar-refractivity contribution >= 4 is 6.09 Å². The Morgan fingerprint density at radius 1 is 1.24 bits per heavy atom. The van der Waals surface area contributed by atoms with E-state index in [4.69, 9.17) is 10.4 Å². The maximum atomic E-state index is 13.4. The van der Waals surface area contributed by atoms with Crippen LogP contribution in [0.5, 0.6) is 0 Å². The normalized spacial score (nSPS) is 27.4. The Labute approximate surface area is 168 Å². The van der Waals surface area contributed by atoms with Crippen molar-refractivity contribution in [3.05, 3.63) is 53.6 Å². The molecule has 1 saturated heterocycles. The lowest BCUT2D eigenvalue weighted by atomic mass is 9.97. The molecule has 1 aliphatic heterocycles. The smallest absolute Gasteiger partial charge is 0.404 e. The van der Waals surface area contributed by atoms with Gasteiger partial charge in [0.25, 0.3) is 0 Å². The summed E-state index contributed by atoms with van der Waals surface area (Å²) in [5, 5.41) is 25.3. The van der Waals surface area contributed by atoms with Crippen LogP contribution in [0.1, 0.15) is 48.9 Å². The fourth-order valence-electron chi connectivity index (χ4n) is 4.86. The van der Waals surface area contributed by atoms with E-state index < -0.39 is 6.09 Å². The Morgan fingerprint density at radius 3 is 2.69 bits per heavy atom. The third-order valence-corrected chi connectivity index (χ3v) is 6.15. The molecule has 152 valence electrons. The topological polar surface area (TPSA) is 94.2 Å². The number of rotatable bonds is 4. The van der Waals surface area contributed by atoms with Crippen LogP contribution in [0.4, 0.5) is 9.18 Å². The number of carboxylic acid groups (broad SMARTS) is 1. The van der Waals surface area contributed by atoms with Crippen LogP contribution < -0.4 is 5.32 Å². The molecule has 1 aliphatic carbocycles. The summed E-state index contributed by atoms with van der Waals surface area (Å²) in [5.41, 5.74) is 1.49. The van der Waals surface area contributed by atoms with E-state index in [-0.39, 0.29) is 29.9 Å². The lowest BCUT2D eigenvalue weighted by Crippen LogP contribution is -2.51. The van der Waals surface area contributed by atoms with Gasteiger partial charge in [0.15, 0.2) is 5.69 Å². The molecule has 3 unspecified atom stereocenters. The number of nitriles is 1. The lowest BCUT2D eigenvalue weighted by Gasteiger charge is -2.39. The molecule has 2 fully saturated rings. The Balaban J connectivity index is 1.58. The summed E-state index contributed by atoms with van der Waals surface area (Å²) in [7, 11) is 0. The number of carbonyl (C=O) groups is 1. The van der Waals surface area contributed by atoms with Crippen molar-refractivity contribution in [3.63, 3.8) is 0 Å². The van der Waals surface area contributed by atoms with Gasteiger partial charge in [-0.2, -0.15) is 10.4 Å². The summed E-state index contributed by atoms with van der Waals surface area (Å²) in [4.78, 5) is 13.4. The molecule has 8 heteroatoms. The van der Waals surface area contributed by atoms with Crippen molar-refractivity contribution in [2.45, 2.75) is 49.7 Å². The predicted octanol–water partition coefficient (Wildman–Crippen LogP) is 3.11. The molecule has 2 N–H and O–H groups in total. The van der Waals surface area contributed by atoms with Crippen molar-refractivity contribution in [2.75, 3.05) is 13.1 Å². The summed E-state index contributed by atoms with van der Waals surface area (Å²) in [6, 6.07) is 10.6. The number of nitrogens with one attached hydrogen (secondary N) is 1. The fraction of sp³-hybridized carbons (Fsp3) is 0.476. The van der Waals surface area contributed by atoms with Crippen LogP contribution in [0.25, 0.3) is 0 Å². The monoisotopic (exact) mass is 397 g/mol. The van der Waals surface area contributed by atoms with Crippen molar-refractivity contribution in [3.8, 4) is 6.07 Å². The van der Waals surface area contributed by atoms with Crippen LogP contribution in [-0.2, 0) is 0 Å². The van der Waals surface area contributed by atoms with Gasteiger partial charge in [0.05, 0.1) is 6.04 Å². The fourth-order valence-corrected chi connectivity index (χ4v) is 4.86. The highest BCUT2D eigenvalue weighted by Gasteiger charge is 2.41. The molecular weight excluding hydrogens is 373 g/mol. The number of piperidine rings is 1. The summed E-state index contributed by atoms with van der Waals surface area (Å²) >= 11 is 0. The maximum Gasteiger partial charge on any atom is 0.404 e. The molecule has 7 nitrogen and oxygen atoms in total. The minimum Gasteiger partial charge on any atom is -0.465 e. The van der Waals surface area contributed by atoms with Crippen LogP contribution in [0.15, 0.2) is 36.5 Å². The zero-order valence-corrected chi connectivity index (χ0v) is 16.0. The first-order chi connectivity index (χ1) is 14.0. The van der Waals surface area contributed by atoms with E-state index in [1.165, 1.54) is 12.1 Å². The van der Waals surface area contributed by atoms with E-state index in [1.54, 1.807) is 6.07 Å². The minimum absolute atomic E-state index is 0.0794. The second-order valence-electron chi connectivity index (χ2n) is 7.93. The van der Waals surface area contributed by atoms with Crippen molar-refractivity contribution in [1.82, 2.24) is 20.0 Å². The van der Waals surface area contributed by atoms with E-state index in [0.717, 1.165) is 37.8 Å². The average molecular weight is 397 g/mol. The second-order valence-corrected chi connectivity index (χ2v) is 7.93. The first kappa shape index (κ1) is 19.4. The minimum atomic E-state index is -0.991. The van der Waals surface area contributed by atoms with Crippen LogP contribution >= 0.6 is 0 Å². The van der Waals surface area contributed by atoms with Crippen molar-refractivity contribution < 1.29 is 14.3 Å². The number of benzene rings is 1. The summed E-state index contributed by atoms with van der Waals surface area (Å²) in [6.45, 7) is 1.57. The van der Waals surface area contributed by atoms with Crippen LogP contribution in [0.3, 0.4) is 0 Å². The van der Waals surface area contributed by atoms with Gasteiger partial charge >= 0.3 is 6.09 Å². The summed E-state index contributed by atoms with van der Waals surface area (Å²) in [5.74, 6) is 0.0114. The van der Waals surface area contributed by atoms with Gasteiger partial charge < -0.3 is 10.4 Å². The number of halogens is 1. The number of aromatic nitrogens is 2. The molecule has 1 amide bonds. The van der Waals surface area contributed by atoms with Gasteiger partial charge in [-0.05, 0) is 61.9 Å². The standard InChI is InChI=1S/C21H24FN5O2/c22-16-5-3-14(4-6-16)15-10-19(20(11-15)27-9-7-17(12-23)25-27)26-8-1-2-18(13-26)24-21(28)29/h3-7,9,15,18-20,24H,1-2,8,10-11,13H2,(H,28,29)/t15?,18-,19?,20?/m1/s1. The number of likely N-dealkylation sites (tertiary alicyclic amines) is 1. The average Bonchev–Trinajstić information content (AvgIpc) is 3.35. The number of hydrogen-bond donors (Lipinski definition) is 2. The quantitative estimate of drug-likeness (QED) is 0.827. The van der Waals surface area contributed by atoms with Crippen molar-refractivity contribution in [1.29, 1.82) is 5.26 Å². The Bertz CT molecular complexity index is 907. The molecule has 0 radical (unpaired) electrons. The third kappa shape index (κ3) is 4.25. The molecule has 2 aromatic rings. The van der Waals surface area contributed by atoms with Gasteiger partial charge in [0.1, 0.15) is 11.9 Å². The Kier molecular flexibility index (Phi) is 5.49. The largest absolute Gasteiger partial charge is 0.465 e. The van der Waals surface area contributed by atoms with E-state index in [2.05, 4.69) is 21.4 Å². The molecule has 0 bridgehead atoms. The number of amides is 1. The molecule has 0 spiro atoms. The highest BCUT2D eigenvalue weighted by atomic mass is 19.1. The predicted molar refractivity (Wildman–Crippen MR) is 104 cm³/mol. The van der Waals surface area contributed by atoms with Gasteiger partial charge in [-0.1, -0.05) is 12.1 Å². The van der Waals surface area contributed by atoms with Crippen LogP contribution in [0, 0.1) is 17.1 Å². The van der Waals surface area contributed by atoms with E-state index >= 15 is 0 Å². The molecule has 1 aromatic heterocycles. The van der Waals surface area contributed by atoms with Gasteiger partial charge in [-0.3, -0.25) is 9.58 Å². The summed E-state index contributed by atoms with van der Waals surface area (Å²) in [6.07, 6.45) is 4.35. The first-order valence-corrected chi connectivity index (χ1v) is 9.97. The maximum absolute atomic E-state index is 13.4. The van der Waals surface area contributed by atoms with Gasteiger partial charge in [-0.15, -0.1) is 0 Å². The van der Waals surface area contributed by atoms with E-state index in [9.17, 15) is 9.18 Å². The Morgan fingerprint density at radius 2 is 2.00 bits per heavy atom. The third-order valence-electron chi connectivity index (χ3n) is 6.15. The first-order valence-electron chi connectivity index (χ1n) is 9.97. The van der Waals surface area contributed by atoms with E-state index in [1.807, 2.05) is 23.0 Å². The molecule has 29 heavy (non-hydrogen) atoms. The molecule has 4 rings (SSSR count). The van der Waals surface area contributed by atoms with Gasteiger partial charge in [0.2, 0.25) is 0 Å². The zero-order chi connectivity index (χ0) is 20.4. The summed E-state index contributed by atoms with van der Waals surface area (Å²) < 4.78 is 15.2. The molecule has 2 heterocycles. The molecule has 1 saturated carbocycles. The molecule has 4 atom stereocenters. The van der Waals surface area contributed by atoms with Crippen LogP contribution in [0.2, 0.25) is 0 Å². The molecule has 2 aliphatic rings. The van der Waals surface area contributed by atoms with Crippen molar-refractivity contribution in [2.24, 2.45) is 0 Å². The van der Waals surface area contributed by atoms with Crippen LogP contribution in [-0.4, -0.2) is 51.1 Å². The Hall–Kier alpha value is -2.92. The highest BCUT2D eigenvalue weighted by Crippen LogP contribution is 2.44. The number of hydrogen-bond acceptors (Lipinski definition) is 4. The number of nitrogens with zero attached hydrogens (tertiary/aromatic N) is 4. The second kappa shape index (κ2) is 8.21. The highest BCUT2D eigenvalue weighted by molar-refractivity contribution is 5.64. The molecule has 1 aromatic carbocycles. The lowest BCUT2D eigenvalue weighted by molar-refractivity contribution is 0.107. The van der Waals surface area contributed by atoms with E-state index in [0.29, 0.717) is 12.2 Å². The van der Waals surface area contributed by atoms with Gasteiger partial charge in [0, 0.05) is 24.8 Å². The molecular formula is C21H24FN5O2.